The van der Waals surface area contributed by atoms with Crippen LogP contribution in [-0.2, 0) is 21.5 Å². The lowest BCUT2D eigenvalue weighted by Gasteiger charge is -2.52. The van der Waals surface area contributed by atoms with E-state index in [1.54, 1.807) is 0 Å². The Morgan fingerprint density at radius 1 is 1.23 bits per heavy atom. The smallest absolute Gasteiger partial charge is 0.385 e. The number of aryl methyl sites for hydroxylation is 1. The fraction of sp³-hybridized carbons (Fsp3) is 0.739. The van der Waals surface area contributed by atoms with Gasteiger partial charge in [0.05, 0.1) is 19.3 Å². The van der Waals surface area contributed by atoms with E-state index in [2.05, 4.69) is 13.0 Å². The lowest BCUT2D eigenvalue weighted by molar-refractivity contribution is -0.0558. The SMILES string of the molecule is C[C@]12CC[C@@H]3c4ccc(OS(=O)(=O)N5CCOCC5)cc4CC[C@H]3[C@@]13C[C@H]3C[C@@H]2O. The second kappa shape index (κ2) is 6.44. The molecule has 7 heteroatoms. The van der Waals surface area contributed by atoms with Gasteiger partial charge in [0.1, 0.15) is 5.75 Å². The number of fused-ring (bicyclic) bond motifs is 3. The molecule has 0 radical (unpaired) electrons. The molecular weight excluding hydrogens is 402 g/mol. The lowest BCUT2D eigenvalue weighted by Crippen LogP contribution is -2.47. The number of ether oxygens (including phenoxy) is 1. The van der Waals surface area contributed by atoms with Gasteiger partial charge in [0.25, 0.3) is 0 Å². The molecule has 6 rings (SSSR count). The summed E-state index contributed by atoms with van der Waals surface area (Å²) < 4.78 is 37.3. The number of rotatable bonds is 3. The van der Waals surface area contributed by atoms with E-state index in [1.165, 1.54) is 21.9 Å². The molecule has 1 heterocycles. The summed E-state index contributed by atoms with van der Waals surface area (Å²) in [5, 5.41) is 10.7. The lowest BCUT2D eigenvalue weighted by atomic mass is 9.52. The van der Waals surface area contributed by atoms with Crippen LogP contribution in [0.2, 0.25) is 0 Å². The summed E-state index contributed by atoms with van der Waals surface area (Å²) in [6.45, 7) is 3.83. The molecule has 164 valence electrons. The molecule has 1 N–H and O–H groups in total. The topological polar surface area (TPSA) is 76.1 Å². The molecule has 1 aliphatic heterocycles. The molecule has 4 aliphatic carbocycles. The zero-order chi connectivity index (χ0) is 20.7. The average Bonchev–Trinajstić information content (AvgIpc) is 3.40. The summed E-state index contributed by atoms with van der Waals surface area (Å²) in [6.07, 6.45) is 6.44. The van der Waals surface area contributed by atoms with Crippen molar-refractivity contribution in [2.75, 3.05) is 26.3 Å². The van der Waals surface area contributed by atoms with Crippen LogP contribution in [0.5, 0.6) is 5.75 Å². The highest BCUT2D eigenvalue weighted by atomic mass is 32.2. The molecule has 6 atom stereocenters. The predicted octanol–water partition coefficient (Wildman–Crippen LogP) is 2.86. The molecule has 0 aromatic heterocycles. The van der Waals surface area contributed by atoms with Crippen LogP contribution in [0.25, 0.3) is 0 Å². The Kier molecular flexibility index (Phi) is 4.19. The van der Waals surface area contributed by atoms with Crippen LogP contribution in [0.1, 0.15) is 56.1 Å². The molecule has 1 spiro atoms. The van der Waals surface area contributed by atoms with E-state index in [-0.39, 0.29) is 11.5 Å². The van der Waals surface area contributed by atoms with Gasteiger partial charge in [-0.15, -0.1) is 0 Å². The second-order valence-electron chi connectivity index (χ2n) is 10.3. The Balaban J connectivity index is 1.26. The van der Waals surface area contributed by atoms with E-state index < -0.39 is 10.3 Å². The molecule has 5 aliphatic rings. The monoisotopic (exact) mass is 433 g/mol. The third-order valence-corrected chi connectivity index (χ3v) is 10.7. The van der Waals surface area contributed by atoms with E-state index >= 15 is 0 Å². The number of nitrogens with zero attached hydrogens (tertiary/aromatic N) is 1. The highest BCUT2D eigenvalue weighted by Crippen LogP contribution is 2.81. The summed E-state index contributed by atoms with van der Waals surface area (Å²) in [4.78, 5) is 0. The number of morpholine rings is 1. The van der Waals surface area contributed by atoms with Gasteiger partial charge in [-0.25, -0.2) is 0 Å². The fourth-order valence-electron chi connectivity index (χ4n) is 7.77. The Morgan fingerprint density at radius 3 is 2.83 bits per heavy atom. The summed E-state index contributed by atoms with van der Waals surface area (Å²) in [5.41, 5.74) is 3.04. The van der Waals surface area contributed by atoms with Crippen LogP contribution in [0.3, 0.4) is 0 Å². The van der Waals surface area contributed by atoms with E-state index in [9.17, 15) is 13.5 Å². The number of aliphatic hydroxyl groups is 1. The van der Waals surface area contributed by atoms with E-state index in [4.69, 9.17) is 8.92 Å². The molecule has 1 aromatic carbocycles. The normalized spacial score (nSPS) is 42.6. The van der Waals surface area contributed by atoms with Crippen molar-refractivity contribution in [3.8, 4) is 5.75 Å². The van der Waals surface area contributed by atoms with Gasteiger partial charge in [0.15, 0.2) is 0 Å². The quantitative estimate of drug-likeness (QED) is 0.793. The van der Waals surface area contributed by atoms with Crippen LogP contribution < -0.4 is 4.18 Å². The maximum Gasteiger partial charge on any atom is 0.385 e. The molecule has 1 saturated heterocycles. The summed E-state index contributed by atoms with van der Waals surface area (Å²) >= 11 is 0. The van der Waals surface area contributed by atoms with Crippen molar-refractivity contribution < 1.29 is 22.4 Å². The van der Waals surface area contributed by atoms with Crippen molar-refractivity contribution >= 4 is 10.3 Å². The van der Waals surface area contributed by atoms with Gasteiger partial charge in [-0.2, -0.15) is 12.7 Å². The van der Waals surface area contributed by atoms with Gasteiger partial charge in [-0.1, -0.05) is 13.0 Å². The first-order valence-electron chi connectivity index (χ1n) is 11.4. The van der Waals surface area contributed by atoms with E-state index in [0.29, 0.717) is 55.2 Å². The first-order valence-corrected chi connectivity index (χ1v) is 12.8. The number of aliphatic hydroxyl groups excluding tert-OH is 1. The van der Waals surface area contributed by atoms with Gasteiger partial charge in [0.2, 0.25) is 0 Å². The van der Waals surface area contributed by atoms with Crippen LogP contribution >= 0.6 is 0 Å². The largest absolute Gasteiger partial charge is 0.393 e. The molecule has 6 nitrogen and oxygen atoms in total. The summed E-state index contributed by atoms with van der Waals surface area (Å²) in [5.74, 6) is 2.29. The minimum Gasteiger partial charge on any atom is -0.393 e. The van der Waals surface area contributed by atoms with Crippen molar-refractivity contribution in [3.05, 3.63) is 29.3 Å². The van der Waals surface area contributed by atoms with Gasteiger partial charge in [-0.05, 0) is 90.4 Å². The second-order valence-corrected chi connectivity index (χ2v) is 11.9. The van der Waals surface area contributed by atoms with Crippen molar-refractivity contribution in [2.24, 2.45) is 22.7 Å². The maximum absolute atomic E-state index is 12.6. The summed E-state index contributed by atoms with van der Waals surface area (Å²) in [7, 11) is -3.79. The fourth-order valence-corrected chi connectivity index (χ4v) is 8.82. The third kappa shape index (κ3) is 2.55. The maximum atomic E-state index is 12.6. The van der Waals surface area contributed by atoms with Crippen LogP contribution in [0.15, 0.2) is 18.2 Å². The number of hydrogen-bond acceptors (Lipinski definition) is 5. The first kappa shape index (κ1) is 19.5. The highest BCUT2D eigenvalue weighted by molar-refractivity contribution is 7.84. The van der Waals surface area contributed by atoms with Gasteiger partial charge in [0, 0.05) is 13.1 Å². The Bertz CT molecular complexity index is 974. The standard InChI is InChI=1S/C23H31NO5S/c1-22-7-6-19-18-4-3-17(29-30(26,27)24-8-10-28-11-9-24)12-15(18)2-5-20(19)23(22)14-16(23)13-21(22)25/h3-4,12,16,19-21,25H,2,5-11,13-14H2,1H3/t16-,19-,20-,21+,22-,23+/m1/s1. The zero-order valence-corrected chi connectivity index (χ0v) is 18.4. The Hall–Kier alpha value is -1.15. The molecule has 0 unspecified atom stereocenters. The third-order valence-electron chi connectivity index (χ3n) is 9.31. The van der Waals surface area contributed by atoms with Crippen molar-refractivity contribution in [1.29, 1.82) is 0 Å². The molecule has 0 bridgehead atoms. The molecule has 1 aromatic rings. The molecule has 0 amide bonds. The van der Waals surface area contributed by atoms with E-state index in [0.717, 1.165) is 32.1 Å². The number of benzene rings is 1. The highest BCUT2D eigenvalue weighted by Gasteiger charge is 2.76. The molecule has 30 heavy (non-hydrogen) atoms. The van der Waals surface area contributed by atoms with Crippen LogP contribution in [0, 0.1) is 22.7 Å². The summed E-state index contributed by atoms with van der Waals surface area (Å²) in [6, 6.07) is 5.89. The zero-order valence-electron chi connectivity index (χ0n) is 17.5. The van der Waals surface area contributed by atoms with Crippen molar-refractivity contribution in [3.63, 3.8) is 0 Å². The Labute approximate surface area is 178 Å². The minimum atomic E-state index is -3.79. The number of hydrogen-bond donors (Lipinski definition) is 1. The van der Waals surface area contributed by atoms with E-state index in [1.807, 2.05) is 12.1 Å². The molecule has 4 fully saturated rings. The van der Waals surface area contributed by atoms with Gasteiger partial charge < -0.3 is 14.0 Å². The first-order chi connectivity index (χ1) is 14.3. The molecular formula is C23H31NO5S. The van der Waals surface area contributed by atoms with Crippen molar-refractivity contribution in [1.82, 2.24) is 4.31 Å². The van der Waals surface area contributed by atoms with Crippen LogP contribution in [0.4, 0.5) is 0 Å². The minimum absolute atomic E-state index is 0.0889. The average molecular weight is 434 g/mol. The predicted molar refractivity (Wildman–Crippen MR) is 111 cm³/mol. The van der Waals surface area contributed by atoms with Crippen LogP contribution in [-0.4, -0.2) is 50.2 Å². The van der Waals surface area contributed by atoms with Gasteiger partial charge >= 0.3 is 10.3 Å². The van der Waals surface area contributed by atoms with Crippen molar-refractivity contribution in [2.45, 2.75) is 57.5 Å². The molecule has 3 saturated carbocycles. The Morgan fingerprint density at radius 2 is 2.03 bits per heavy atom. The van der Waals surface area contributed by atoms with Gasteiger partial charge in [-0.3, -0.25) is 0 Å².